The zero-order valence-electron chi connectivity index (χ0n) is 43.5. The van der Waals surface area contributed by atoms with Crippen molar-refractivity contribution in [3.05, 3.63) is 297 Å². The van der Waals surface area contributed by atoms with Crippen molar-refractivity contribution in [2.24, 2.45) is 0 Å². The lowest BCUT2D eigenvalue weighted by Crippen LogP contribution is -2.00. The fourth-order valence-corrected chi connectivity index (χ4v) is 11.5. The summed E-state index contributed by atoms with van der Waals surface area (Å²) in [6.07, 6.45) is 0. The van der Waals surface area contributed by atoms with Gasteiger partial charge in [-0.05, 0) is 104 Å². The molecule has 15 aromatic rings. The zero-order chi connectivity index (χ0) is 52.9. The van der Waals surface area contributed by atoms with Gasteiger partial charge in [0.05, 0.1) is 22.1 Å². The molecule has 0 fully saturated rings. The summed E-state index contributed by atoms with van der Waals surface area (Å²) in [5, 5.41) is 5.05. The quantitative estimate of drug-likeness (QED) is 0.137. The Morgan fingerprint density at radius 2 is 0.350 bits per heavy atom. The van der Waals surface area contributed by atoms with Crippen molar-refractivity contribution in [1.29, 1.82) is 0 Å². The van der Waals surface area contributed by atoms with Crippen LogP contribution in [0.15, 0.2) is 297 Å². The lowest BCUT2D eigenvalue weighted by Gasteiger charge is -2.11. The van der Waals surface area contributed by atoms with Crippen LogP contribution in [-0.2, 0) is 0 Å². The first-order valence-corrected chi connectivity index (χ1v) is 27.2. The van der Waals surface area contributed by atoms with Gasteiger partial charge in [-0.2, -0.15) is 0 Å². The van der Waals surface area contributed by atoms with Crippen LogP contribution in [0, 0.1) is 0 Å². The standard InChI is InChI=1S/C75H49N5/c1-2-12-50(13-3-1)51-30-36-60(37-31-51)73-76-74(61-38-32-56(33-39-61)52-22-26-54(27-23-52)58-42-46-63(47-43-58)79-69-18-8-4-14-65(69)66-15-5-9-19-70(66)79)78-75(77-73)62-40-34-57(35-41-62)53-24-28-55(29-25-53)59-44-48-64(49-45-59)80-71-20-10-6-16-67(71)68-17-7-11-21-72(68)80/h1-49H. The molecule has 0 amide bonds. The molecule has 80 heavy (non-hydrogen) atoms. The molecule has 3 heterocycles. The number of rotatable bonds is 10. The maximum absolute atomic E-state index is 5.14. The first kappa shape index (κ1) is 46.5. The van der Waals surface area contributed by atoms with Crippen molar-refractivity contribution in [1.82, 2.24) is 24.1 Å². The van der Waals surface area contributed by atoms with Gasteiger partial charge in [-0.25, -0.2) is 15.0 Å². The van der Waals surface area contributed by atoms with Gasteiger partial charge in [0.2, 0.25) is 0 Å². The SMILES string of the molecule is c1ccc(-c2ccc(-c3nc(-c4ccc(-c5ccc(-c6ccc(-n7c8ccccc8c8ccccc87)cc6)cc5)cc4)nc(-c4ccc(-c5ccc(-c6ccc(-n7c8ccccc8c8ccccc87)cc6)cc5)cc4)n3)cc2)cc1. The summed E-state index contributed by atoms with van der Waals surface area (Å²) in [5.74, 6) is 1.85. The van der Waals surface area contributed by atoms with Crippen molar-refractivity contribution >= 4 is 43.6 Å². The van der Waals surface area contributed by atoms with Gasteiger partial charge in [0.15, 0.2) is 17.5 Å². The first-order valence-electron chi connectivity index (χ1n) is 27.2. The van der Waals surface area contributed by atoms with Gasteiger partial charge in [0, 0.05) is 49.6 Å². The Balaban J connectivity index is 0.690. The number of aromatic nitrogens is 5. The minimum Gasteiger partial charge on any atom is -0.309 e. The lowest BCUT2D eigenvalue weighted by atomic mass is 9.99. The van der Waals surface area contributed by atoms with Crippen LogP contribution in [0.25, 0.3) is 145 Å². The van der Waals surface area contributed by atoms with Crippen molar-refractivity contribution in [3.8, 4) is 101 Å². The van der Waals surface area contributed by atoms with Gasteiger partial charge in [-0.15, -0.1) is 0 Å². The number of fused-ring (bicyclic) bond motifs is 6. The summed E-state index contributed by atoms with van der Waals surface area (Å²) < 4.78 is 4.71. The van der Waals surface area contributed by atoms with E-state index >= 15 is 0 Å². The van der Waals surface area contributed by atoms with Crippen LogP contribution in [0.1, 0.15) is 0 Å². The van der Waals surface area contributed by atoms with Crippen molar-refractivity contribution in [2.45, 2.75) is 0 Å². The molecule has 5 heteroatoms. The smallest absolute Gasteiger partial charge is 0.164 e. The summed E-state index contributed by atoms with van der Waals surface area (Å²) in [4.78, 5) is 15.4. The minimum atomic E-state index is 0.617. The Bertz CT molecular complexity index is 4360. The van der Waals surface area contributed by atoms with E-state index in [1.54, 1.807) is 0 Å². The second kappa shape index (κ2) is 19.7. The summed E-state index contributed by atoms with van der Waals surface area (Å²) >= 11 is 0. The number of hydrogen-bond acceptors (Lipinski definition) is 3. The summed E-state index contributed by atoms with van der Waals surface area (Å²) in [6, 6.07) is 106. The van der Waals surface area contributed by atoms with Crippen LogP contribution in [0.4, 0.5) is 0 Å². The Hall–Kier alpha value is -10.8. The molecule has 5 nitrogen and oxygen atoms in total. The zero-order valence-corrected chi connectivity index (χ0v) is 43.5. The summed E-state index contributed by atoms with van der Waals surface area (Å²) in [6.45, 7) is 0. The topological polar surface area (TPSA) is 48.5 Å². The third-order valence-electron chi connectivity index (χ3n) is 15.7. The fraction of sp³-hybridized carbons (Fsp3) is 0. The first-order chi connectivity index (χ1) is 39.6. The van der Waals surface area contributed by atoms with Gasteiger partial charge >= 0.3 is 0 Å². The molecule has 3 aromatic heterocycles. The van der Waals surface area contributed by atoms with E-state index in [9.17, 15) is 0 Å². The summed E-state index contributed by atoms with van der Waals surface area (Å²) in [7, 11) is 0. The van der Waals surface area contributed by atoms with E-state index in [0.717, 1.165) is 61.4 Å². The van der Waals surface area contributed by atoms with Crippen molar-refractivity contribution in [3.63, 3.8) is 0 Å². The molecule has 0 aliphatic carbocycles. The molecule has 0 N–H and O–H groups in total. The molecule has 0 spiro atoms. The van der Waals surface area contributed by atoms with E-state index in [-0.39, 0.29) is 0 Å². The van der Waals surface area contributed by atoms with Crippen molar-refractivity contribution < 1.29 is 0 Å². The Morgan fingerprint density at radius 3 is 0.600 bits per heavy atom. The Labute approximate surface area is 463 Å². The molecular formula is C75H49N5. The van der Waals surface area contributed by atoms with Gasteiger partial charge in [-0.1, -0.05) is 249 Å². The molecular weight excluding hydrogens is 971 g/mol. The number of nitrogens with zero attached hydrogens (tertiary/aromatic N) is 5. The van der Waals surface area contributed by atoms with Gasteiger partial charge in [-0.3, -0.25) is 0 Å². The molecule has 374 valence electrons. The van der Waals surface area contributed by atoms with Crippen LogP contribution >= 0.6 is 0 Å². The predicted molar refractivity (Wildman–Crippen MR) is 332 cm³/mol. The van der Waals surface area contributed by atoms with Crippen LogP contribution < -0.4 is 0 Å². The van der Waals surface area contributed by atoms with Crippen LogP contribution in [0.3, 0.4) is 0 Å². The second-order valence-electron chi connectivity index (χ2n) is 20.4. The normalized spacial score (nSPS) is 11.5. The molecule has 0 saturated heterocycles. The van der Waals surface area contributed by atoms with E-state index in [1.165, 1.54) is 65.9 Å². The monoisotopic (exact) mass is 1020 g/mol. The average Bonchev–Trinajstić information content (AvgIpc) is 4.12. The van der Waals surface area contributed by atoms with E-state index in [4.69, 9.17) is 15.0 Å². The molecule has 0 atom stereocenters. The molecule has 0 saturated carbocycles. The molecule has 0 bridgehead atoms. The average molecular weight is 1020 g/mol. The van der Waals surface area contributed by atoms with Crippen LogP contribution in [0.2, 0.25) is 0 Å². The third-order valence-corrected chi connectivity index (χ3v) is 15.7. The Morgan fingerprint density at radius 1 is 0.163 bits per heavy atom. The van der Waals surface area contributed by atoms with E-state index in [1.807, 2.05) is 6.07 Å². The fourth-order valence-electron chi connectivity index (χ4n) is 11.5. The number of hydrogen-bond donors (Lipinski definition) is 0. The highest BCUT2D eigenvalue weighted by Crippen LogP contribution is 2.37. The highest BCUT2D eigenvalue weighted by Gasteiger charge is 2.16. The number of benzene rings is 12. The lowest BCUT2D eigenvalue weighted by molar-refractivity contribution is 1.07. The van der Waals surface area contributed by atoms with E-state index in [0.29, 0.717) is 17.5 Å². The predicted octanol–water partition coefficient (Wildman–Crippen LogP) is 19.4. The molecule has 0 radical (unpaired) electrons. The Kier molecular flexibility index (Phi) is 11.4. The van der Waals surface area contributed by atoms with Gasteiger partial charge in [0.1, 0.15) is 0 Å². The molecule has 12 aromatic carbocycles. The molecule has 15 rings (SSSR count). The maximum Gasteiger partial charge on any atom is 0.164 e. The molecule has 0 unspecified atom stereocenters. The third kappa shape index (κ3) is 8.42. The highest BCUT2D eigenvalue weighted by atomic mass is 15.0. The van der Waals surface area contributed by atoms with Crippen molar-refractivity contribution in [2.75, 3.05) is 0 Å². The van der Waals surface area contributed by atoms with Crippen LogP contribution in [-0.4, -0.2) is 24.1 Å². The molecule has 0 aliphatic rings. The maximum atomic E-state index is 5.14. The number of para-hydroxylation sites is 4. The van der Waals surface area contributed by atoms with E-state index in [2.05, 4.69) is 300 Å². The van der Waals surface area contributed by atoms with E-state index < -0.39 is 0 Å². The minimum absolute atomic E-state index is 0.617. The summed E-state index contributed by atoms with van der Waals surface area (Å²) in [5.41, 5.74) is 21.4. The second-order valence-corrected chi connectivity index (χ2v) is 20.4. The molecule has 0 aliphatic heterocycles. The van der Waals surface area contributed by atoms with Gasteiger partial charge in [0.25, 0.3) is 0 Å². The van der Waals surface area contributed by atoms with Crippen LogP contribution in [0.5, 0.6) is 0 Å². The highest BCUT2D eigenvalue weighted by molar-refractivity contribution is 6.10. The van der Waals surface area contributed by atoms with Gasteiger partial charge < -0.3 is 9.13 Å². The largest absolute Gasteiger partial charge is 0.309 e.